The number of amides is 1. The van der Waals surface area contributed by atoms with Gasteiger partial charge in [-0.3, -0.25) is 4.79 Å². The lowest BCUT2D eigenvalue weighted by Gasteiger charge is -2.26. The third kappa shape index (κ3) is 3.56. The van der Waals surface area contributed by atoms with Crippen LogP contribution in [0.2, 0.25) is 0 Å². The van der Waals surface area contributed by atoms with Gasteiger partial charge in [-0.2, -0.15) is 0 Å². The van der Waals surface area contributed by atoms with Crippen LogP contribution in [0.25, 0.3) is 0 Å². The van der Waals surface area contributed by atoms with Crippen molar-refractivity contribution < 1.29 is 19.4 Å². The van der Waals surface area contributed by atoms with Gasteiger partial charge in [0.05, 0.1) is 11.3 Å². The molecule has 0 radical (unpaired) electrons. The van der Waals surface area contributed by atoms with Crippen LogP contribution < -0.4 is 10.9 Å². The van der Waals surface area contributed by atoms with E-state index in [9.17, 15) is 19.5 Å². The second-order valence-corrected chi connectivity index (χ2v) is 10.3. The molecule has 1 saturated heterocycles. The van der Waals surface area contributed by atoms with E-state index < -0.39 is 11.6 Å². The summed E-state index contributed by atoms with van der Waals surface area (Å²) in [5, 5.41) is 13.0. The second kappa shape index (κ2) is 6.49. The van der Waals surface area contributed by atoms with Gasteiger partial charge in [0.1, 0.15) is 5.60 Å². The maximum Gasteiger partial charge on any atom is 0.410 e. The lowest BCUT2D eigenvalue weighted by molar-refractivity contribution is 0.0272. The van der Waals surface area contributed by atoms with E-state index in [2.05, 4.69) is 5.32 Å². The van der Waals surface area contributed by atoms with Crippen LogP contribution in [-0.2, 0) is 4.74 Å². The number of carboxylic acid groups (broad SMARTS) is 1. The monoisotopic (exact) mass is 415 g/mol. The van der Waals surface area contributed by atoms with Gasteiger partial charge in [0.15, 0.2) is 0 Å². The van der Waals surface area contributed by atoms with Gasteiger partial charge < -0.3 is 24.6 Å². The first-order valence-corrected chi connectivity index (χ1v) is 10.9. The summed E-state index contributed by atoms with van der Waals surface area (Å²) in [7, 11) is 0. The normalized spacial score (nSPS) is 31.8. The van der Waals surface area contributed by atoms with Gasteiger partial charge in [-0.15, -0.1) is 0 Å². The summed E-state index contributed by atoms with van der Waals surface area (Å²) >= 11 is 0. The summed E-state index contributed by atoms with van der Waals surface area (Å²) in [5.41, 5.74) is -0.139. The maximum atomic E-state index is 12.7. The highest BCUT2D eigenvalue weighted by Gasteiger charge is 2.57. The number of nitrogens with zero attached hydrogens (tertiary/aromatic N) is 2. The molecule has 0 bridgehead atoms. The van der Waals surface area contributed by atoms with Crippen LogP contribution in [-0.4, -0.2) is 51.4 Å². The fourth-order valence-corrected chi connectivity index (χ4v) is 5.04. The topological polar surface area (TPSA) is 101 Å². The van der Waals surface area contributed by atoms with Crippen molar-refractivity contribution in [1.29, 1.82) is 0 Å². The molecule has 8 heteroatoms. The number of rotatable bonds is 5. The second-order valence-electron chi connectivity index (χ2n) is 10.3. The Hall–Kier alpha value is -2.51. The molecule has 162 valence electrons. The number of hydrogen-bond donors (Lipinski definition) is 2. The van der Waals surface area contributed by atoms with Crippen molar-refractivity contribution in [2.24, 2.45) is 23.7 Å². The van der Waals surface area contributed by atoms with E-state index >= 15 is 0 Å². The van der Waals surface area contributed by atoms with Gasteiger partial charge in [0.25, 0.3) is 5.56 Å². The zero-order valence-corrected chi connectivity index (χ0v) is 17.6. The molecule has 0 spiro atoms. The average molecular weight is 415 g/mol. The van der Waals surface area contributed by atoms with Crippen LogP contribution in [0.3, 0.4) is 0 Å². The van der Waals surface area contributed by atoms with E-state index in [0.717, 1.165) is 6.42 Å². The zero-order valence-electron chi connectivity index (χ0n) is 17.6. The molecule has 5 rings (SSSR count). The number of likely N-dealkylation sites (tertiary alicyclic amines) is 1. The fourth-order valence-electron chi connectivity index (χ4n) is 5.04. The number of aromatic carboxylic acids is 1. The maximum absolute atomic E-state index is 12.7. The summed E-state index contributed by atoms with van der Waals surface area (Å²) in [6.45, 7) is 6.70. The molecule has 3 aliphatic carbocycles. The van der Waals surface area contributed by atoms with Crippen LogP contribution in [0.15, 0.2) is 17.1 Å². The Morgan fingerprint density at radius 1 is 1.17 bits per heavy atom. The number of carboxylic acids is 1. The van der Waals surface area contributed by atoms with Crippen molar-refractivity contribution in [1.82, 2.24) is 9.47 Å². The molecule has 1 unspecified atom stereocenters. The summed E-state index contributed by atoms with van der Waals surface area (Å²) in [6, 6.07) is 1.67. The van der Waals surface area contributed by atoms with Crippen LogP contribution in [0, 0.1) is 23.7 Å². The summed E-state index contributed by atoms with van der Waals surface area (Å²) in [6.07, 6.45) is 4.64. The van der Waals surface area contributed by atoms with E-state index in [1.807, 2.05) is 20.8 Å². The average Bonchev–Trinajstić information content (AvgIpc) is 3.53. The Labute approximate surface area is 175 Å². The van der Waals surface area contributed by atoms with E-state index in [1.165, 1.54) is 25.1 Å². The van der Waals surface area contributed by atoms with Crippen molar-refractivity contribution in [3.05, 3.63) is 28.2 Å². The molecule has 30 heavy (non-hydrogen) atoms. The summed E-state index contributed by atoms with van der Waals surface area (Å²) in [4.78, 5) is 38.5. The number of carbonyl (C=O) groups is 2. The number of piperidine rings is 1. The number of anilines is 1. The molecule has 2 N–H and O–H groups in total. The van der Waals surface area contributed by atoms with E-state index in [0.29, 0.717) is 30.6 Å². The number of hydrogen-bond acceptors (Lipinski definition) is 5. The Morgan fingerprint density at radius 2 is 1.83 bits per heavy atom. The minimum absolute atomic E-state index is 0.0807. The molecule has 1 aromatic rings. The van der Waals surface area contributed by atoms with Gasteiger partial charge in [0, 0.05) is 49.3 Å². The Kier molecular flexibility index (Phi) is 4.21. The smallest absolute Gasteiger partial charge is 0.410 e. The fraction of sp³-hybridized carbons (Fsp3) is 0.682. The molecular weight excluding hydrogens is 386 g/mol. The third-order valence-corrected chi connectivity index (χ3v) is 6.87. The quantitative estimate of drug-likeness (QED) is 0.767. The lowest BCUT2D eigenvalue weighted by Crippen LogP contribution is -2.38. The molecule has 4 aliphatic rings. The Balaban J connectivity index is 1.25. The molecule has 0 aromatic carbocycles. The standard InChI is InChI=1S/C22H29N3O5/c1-22(2,3)30-21(29)24-8-13-14(9-24)19(13)23-16-7-18(26)25(10-15(16)20(27)28)17-6-12(17)11-4-5-11/h7,10-14,17,19,23H,4-6,8-9H2,1-3H3,(H,27,28)/t12-,13-,14+,17+,19?/m1/s1. The van der Waals surface area contributed by atoms with Crippen LogP contribution >= 0.6 is 0 Å². The molecule has 3 saturated carbocycles. The summed E-state index contributed by atoms with van der Waals surface area (Å²) in [5.74, 6) is 0.723. The van der Waals surface area contributed by atoms with Crippen LogP contribution in [0.1, 0.15) is 56.4 Å². The highest BCUT2D eigenvalue weighted by atomic mass is 16.6. The van der Waals surface area contributed by atoms with Gasteiger partial charge in [-0.25, -0.2) is 9.59 Å². The van der Waals surface area contributed by atoms with Gasteiger partial charge in [0.2, 0.25) is 0 Å². The first-order valence-electron chi connectivity index (χ1n) is 10.9. The van der Waals surface area contributed by atoms with Crippen molar-refractivity contribution in [2.75, 3.05) is 18.4 Å². The van der Waals surface area contributed by atoms with Gasteiger partial charge in [-0.1, -0.05) is 0 Å². The molecule has 8 nitrogen and oxygen atoms in total. The number of pyridine rings is 1. The molecule has 1 amide bonds. The molecule has 5 atom stereocenters. The minimum atomic E-state index is -1.03. The largest absolute Gasteiger partial charge is 0.478 e. The highest BCUT2D eigenvalue weighted by Crippen LogP contribution is 2.56. The lowest BCUT2D eigenvalue weighted by atomic mass is 10.2. The van der Waals surface area contributed by atoms with Crippen molar-refractivity contribution in [3.8, 4) is 0 Å². The number of fused-ring (bicyclic) bond motifs is 1. The van der Waals surface area contributed by atoms with E-state index in [-0.39, 0.29) is 41.1 Å². The Bertz CT molecular complexity index is 949. The highest BCUT2D eigenvalue weighted by molar-refractivity contribution is 5.94. The van der Waals surface area contributed by atoms with Crippen molar-refractivity contribution >= 4 is 17.7 Å². The molecule has 4 fully saturated rings. The van der Waals surface area contributed by atoms with Crippen molar-refractivity contribution in [3.63, 3.8) is 0 Å². The molecule has 1 aliphatic heterocycles. The summed E-state index contributed by atoms with van der Waals surface area (Å²) < 4.78 is 7.05. The Morgan fingerprint density at radius 3 is 2.40 bits per heavy atom. The third-order valence-electron chi connectivity index (χ3n) is 6.87. The number of carbonyl (C=O) groups excluding carboxylic acids is 1. The van der Waals surface area contributed by atoms with E-state index in [1.54, 1.807) is 9.47 Å². The number of aromatic nitrogens is 1. The predicted molar refractivity (Wildman–Crippen MR) is 110 cm³/mol. The first kappa shape index (κ1) is 19.5. The first-order chi connectivity index (χ1) is 14.1. The number of ether oxygens (including phenoxy) is 1. The van der Waals surface area contributed by atoms with Gasteiger partial charge in [-0.05, 0) is 51.9 Å². The van der Waals surface area contributed by atoms with Crippen molar-refractivity contribution in [2.45, 2.75) is 57.7 Å². The SMILES string of the molecule is CC(C)(C)OC(=O)N1C[C@@H]2C(Nc3cc(=O)n([C@H]4C[C@@H]4C4CC4)cc3C(=O)O)[C@@H]2C1. The zero-order chi connectivity index (χ0) is 21.4. The van der Waals surface area contributed by atoms with Crippen LogP contribution in [0.4, 0.5) is 10.5 Å². The van der Waals surface area contributed by atoms with E-state index in [4.69, 9.17) is 4.74 Å². The van der Waals surface area contributed by atoms with Crippen LogP contribution in [0.5, 0.6) is 0 Å². The predicted octanol–water partition coefficient (Wildman–Crippen LogP) is 2.79. The molecular formula is C22H29N3O5. The van der Waals surface area contributed by atoms with Gasteiger partial charge >= 0.3 is 12.1 Å². The molecule has 1 aromatic heterocycles. The number of nitrogens with one attached hydrogen (secondary N) is 1. The minimum Gasteiger partial charge on any atom is -0.478 e. The molecule has 2 heterocycles.